The third-order valence-corrected chi connectivity index (χ3v) is 3.46. The third kappa shape index (κ3) is 1.65. The molecule has 1 fully saturated rings. The van der Waals surface area contributed by atoms with E-state index >= 15 is 0 Å². The van der Waals surface area contributed by atoms with E-state index in [0.29, 0.717) is 5.92 Å². The van der Waals surface area contributed by atoms with Crippen LogP contribution in [-0.2, 0) is 0 Å². The Hall–Kier alpha value is -1.22. The fourth-order valence-electron chi connectivity index (χ4n) is 2.33. The SMILES string of the molecule is COc1ccc2c(c1)OC(C1CC1)C[C@H]2O. The zero-order valence-corrected chi connectivity index (χ0v) is 9.35. The van der Waals surface area contributed by atoms with Crippen molar-refractivity contribution in [1.29, 1.82) is 0 Å². The molecule has 0 saturated heterocycles. The Morgan fingerprint density at radius 2 is 2.19 bits per heavy atom. The topological polar surface area (TPSA) is 38.7 Å². The van der Waals surface area contributed by atoms with Crippen LogP contribution in [0.1, 0.15) is 30.9 Å². The molecule has 0 amide bonds. The van der Waals surface area contributed by atoms with Gasteiger partial charge in [0.25, 0.3) is 0 Å². The van der Waals surface area contributed by atoms with Crippen LogP contribution in [0.5, 0.6) is 11.5 Å². The molecule has 1 aliphatic carbocycles. The van der Waals surface area contributed by atoms with Crippen molar-refractivity contribution in [2.24, 2.45) is 5.92 Å². The highest BCUT2D eigenvalue weighted by Gasteiger charge is 2.38. The lowest BCUT2D eigenvalue weighted by atomic mass is 9.97. The maximum absolute atomic E-state index is 10.1. The number of ether oxygens (including phenoxy) is 2. The highest BCUT2D eigenvalue weighted by atomic mass is 16.5. The molecule has 1 heterocycles. The van der Waals surface area contributed by atoms with Crippen molar-refractivity contribution in [2.45, 2.75) is 31.5 Å². The van der Waals surface area contributed by atoms with Gasteiger partial charge in [0.05, 0.1) is 13.2 Å². The lowest BCUT2D eigenvalue weighted by Gasteiger charge is -2.29. The van der Waals surface area contributed by atoms with Gasteiger partial charge in [-0.25, -0.2) is 0 Å². The standard InChI is InChI=1S/C13H16O3/c1-15-9-4-5-10-11(14)7-12(8-2-3-8)16-13(10)6-9/h4-6,8,11-12,14H,2-3,7H2,1H3/t11-,12?/m1/s1. The van der Waals surface area contributed by atoms with Gasteiger partial charge in [-0.2, -0.15) is 0 Å². The van der Waals surface area contributed by atoms with Gasteiger partial charge in [0.2, 0.25) is 0 Å². The summed E-state index contributed by atoms with van der Waals surface area (Å²) in [6.45, 7) is 0. The van der Waals surface area contributed by atoms with Crippen molar-refractivity contribution >= 4 is 0 Å². The zero-order valence-electron chi connectivity index (χ0n) is 9.35. The Balaban J connectivity index is 1.91. The van der Waals surface area contributed by atoms with E-state index in [1.54, 1.807) is 7.11 Å². The predicted octanol–water partition coefficient (Wildman–Crippen LogP) is 2.29. The van der Waals surface area contributed by atoms with Crippen LogP contribution < -0.4 is 9.47 Å². The number of benzene rings is 1. The molecule has 3 nitrogen and oxygen atoms in total. The Morgan fingerprint density at radius 1 is 1.38 bits per heavy atom. The molecule has 0 bridgehead atoms. The van der Waals surface area contributed by atoms with Crippen LogP contribution in [0.2, 0.25) is 0 Å². The van der Waals surface area contributed by atoms with Gasteiger partial charge in [0, 0.05) is 18.1 Å². The van der Waals surface area contributed by atoms with Gasteiger partial charge >= 0.3 is 0 Å². The average molecular weight is 220 g/mol. The van der Waals surface area contributed by atoms with Gasteiger partial charge in [-0.15, -0.1) is 0 Å². The van der Waals surface area contributed by atoms with Gasteiger partial charge in [0.1, 0.15) is 17.6 Å². The number of aliphatic hydroxyl groups excluding tert-OH is 1. The van der Waals surface area contributed by atoms with Crippen molar-refractivity contribution in [1.82, 2.24) is 0 Å². The van der Waals surface area contributed by atoms with E-state index in [4.69, 9.17) is 9.47 Å². The third-order valence-electron chi connectivity index (χ3n) is 3.46. The van der Waals surface area contributed by atoms with E-state index < -0.39 is 0 Å². The second-order valence-corrected chi connectivity index (χ2v) is 4.65. The molecule has 2 atom stereocenters. The number of rotatable bonds is 2. The molecule has 1 aliphatic heterocycles. The highest BCUT2D eigenvalue weighted by Crippen LogP contribution is 2.44. The van der Waals surface area contributed by atoms with Gasteiger partial charge in [-0.05, 0) is 30.9 Å². The van der Waals surface area contributed by atoms with Crippen LogP contribution in [0.15, 0.2) is 18.2 Å². The lowest BCUT2D eigenvalue weighted by Crippen LogP contribution is -2.27. The van der Waals surface area contributed by atoms with Gasteiger partial charge in [-0.1, -0.05) is 0 Å². The molecule has 0 spiro atoms. The van der Waals surface area contributed by atoms with E-state index in [1.807, 2.05) is 18.2 Å². The molecule has 0 aromatic heterocycles. The van der Waals surface area contributed by atoms with Crippen molar-refractivity contribution in [3.63, 3.8) is 0 Å². The Kier molecular flexibility index (Phi) is 2.28. The molecular weight excluding hydrogens is 204 g/mol. The van der Waals surface area contributed by atoms with Gasteiger partial charge in [-0.3, -0.25) is 0 Å². The monoisotopic (exact) mass is 220 g/mol. The fraction of sp³-hybridized carbons (Fsp3) is 0.538. The maximum atomic E-state index is 10.1. The summed E-state index contributed by atoms with van der Waals surface area (Å²) in [4.78, 5) is 0. The molecule has 16 heavy (non-hydrogen) atoms. The number of methoxy groups -OCH3 is 1. The molecule has 1 aromatic rings. The smallest absolute Gasteiger partial charge is 0.129 e. The summed E-state index contributed by atoms with van der Waals surface area (Å²) in [6, 6.07) is 5.62. The van der Waals surface area contributed by atoms with Crippen LogP contribution >= 0.6 is 0 Å². The van der Waals surface area contributed by atoms with E-state index in [-0.39, 0.29) is 12.2 Å². The molecule has 3 rings (SSSR count). The summed E-state index contributed by atoms with van der Waals surface area (Å²) >= 11 is 0. The summed E-state index contributed by atoms with van der Waals surface area (Å²) in [5.74, 6) is 2.21. The minimum Gasteiger partial charge on any atom is -0.497 e. The fourth-order valence-corrected chi connectivity index (χ4v) is 2.33. The van der Waals surface area contributed by atoms with Crippen molar-refractivity contribution in [3.8, 4) is 11.5 Å². The molecule has 1 saturated carbocycles. The lowest BCUT2D eigenvalue weighted by molar-refractivity contribution is 0.0548. The van der Waals surface area contributed by atoms with E-state index in [9.17, 15) is 5.11 Å². The van der Waals surface area contributed by atoms with Crippen LogP contribution in [0, 0.1) is 5.92 Å². The first-order valence-electron chi connectivity index (χ1n) is 5.80. The molecule has 86 valence electrons. The van der Waals surface area contributed by atoms with Gasteiger partial charge in [0.15, 0.2) is 0 Å². The molecule has 3 heteroatoms. The summed E-state index contributed by atoms with van der Waals surface area (Å²) in [7, 11) is 1.64. The summed E-state index contributed by atoms with van der Waals surface area (Å²) in [5, 5.41) is 10.1. The highest BCUT2D eigenvalue weighted by molar-refractivity contribution is 5.43. The minimum absolute atomic E-state index is 0.189. The molecule has 1 unspecified atom stereocenters. The molecule has 1 N–H and O–H groups in total. The van der Waals surface area contributed by atoms with Crippen LogP contribution in [0.4, 0.5) is 0 Å². The normalized spacial score (nSPS) is 28.1. The second-order valence-electron chi connectivity index (χ2n) is 4.65. The average Bonchev–Trinajstić information content (AvgIpc) is 3.12. The van der Waals surface area contributed by atoms with Crippen molar-refractivity contribution in [3.05, 3.63) is 23.8 Å². The Labute approximate surface area is 95.0 Å². The van der Waals surface area contributed by atoms with Crippen LogP contribution in [0.3, 0.4) is 0 Å². The van der Waals surface area contributed by atoms with Crippen LogP contribution in [-0.4, -0.2) is 18.3 Å². The molecule has 1 aromatic carbocycles. The van der Waals surface area contributed by atoms with Crippen LogP contribution in [0.25, 0.3) is 0 Å². The van der Waals surface area contributed by atoms with Gasteiger partial charge < -0.3 is 14.6 Å². The largest absolute Gasteiger partial charge is 0.497 e. The van der Waals surface area contributed by atoms with Crippen molar-refractivity contribution in [2.75, 3.05) is 7.11 Å². The number of fused-ring (bicyclic) bond motifs is 1. The minimum atomic E-state index is -0.389. The zero-order chi connectivity index (χ0) is 11.1. The number of hydrogen-bond acceptors (Lipinski definition) is 3. The number of hydrogen-bond donors (Lipinski definition) is 1. The summed E-state index contributed by atoms with van der Waals surface area (Å²) in [5.41, 5.74) is 0.887. The van der Waals surface area contributed by atoms with E-state index in [0.717, 1.165) is 23.5 Å². The van der Waals surface area contributed by atoms with E-state index in [1.165, 1.54) is 12.8 Å². The first-order valence-corrected chi connectivity index (χ1v) is 5.80. The summed E-state index contributed by atoms with van der Waals surface area (Å²) in [6.07, 6.45) is 2.99. The van der Waals surface area contributed by atoms with E-state index in [2.05, 4.69) is 0 Å². The Bertz CT molecular complexity index is 398. The quantitative estimate of drug-likeness (QED) is 0.831. The molecular formula is C13H16O3. The molecule has 2 aliphatic rings. The molecule has 0 radical (unpaired) electrons. The Morgan fingerprint density at radius 3 is 2.88 bits per heavy atom. The first kappa shape index (κ1) is 9.97. The summed E-state index contributed by atoms with van der Waals surface area (Å²) < 4.78 is 11.1. The maximum Gasteiger partial charge on any atom is 0.129 e. The first-order chi connectivity index (χ1) is 7.78. The van der Waals surface area contributed by atoms with Crippen molar-refractivity contribution < 1.29 is 14.6 Å². The second kappa shape index (κ2) is 3.67. The number of aliphatic hydroxyl groups is 1. The predicted molar refractivity (Wildman–Crippen MR) is 59.7 cm³/mol.